The van der Waals surface area contributed by atoms with Gasteiger partial charge in [0, 0.05) is 32.1 Å². The third-order valence-corrected chi connectivity index (χ3v) is 3.18. The molecule has 0 bridgehead atoms. The number of hydrogen-bond donors (Lipinski definition) is 1. The zero-order valence-corrected chi connectivity index (χ0v) is 10.3. The van der Waals surface area contributed by atoms with Crippen LogP contribution in [0.4, 0.5) is 0 Å². The summed E-state index contributed by atoms with van der Waals surface area (Å²) in [5.41, 5.74) is 0. The smallest absolute Gasteiger partial charge is 0.303 e. The fourth-order valence-corrected chi connectivity index (χ4v) is 2.15. The van der Waals surface area contributed by atoms with Gasteiger partial charge in [-0.05, 0) is 19.3 Å². The molecule has 18 heavy (non-hydrogen) atoms. The van der Waals surface area contributed by atoms with Crippen LogP contribution in [0.25, 0.3) is 0 Å². The zero-order chi connectivity index (χ0) is 13.5. The molecule has 1 N–H and O–H groups in total. The Morgan fingerprint density at radius 1 is 1.06 bits per heavy atom. The highest BCUT2D eigenvalue weighted by Crippen LogP contribution is 2.22. The highest BCUT2D eigenvalue weighted by Gasteiger charge is 2.29. The molecule has 0 heterocycles. The van der Waals surface area contributed by atoms with Gasteiger partial charge < -0.3 is 5.11 Å². The van der Waals surface area contributed by atoms with Crippen molar-refractivity contribution in [3.05, 3.63) is 0 Å². The van der Waals surface area contributed by atoms with Gasteiger partial charge >= 0.3 is 5.97 Å². The molecule has 0 radical (unpaired) electrons. The second-order valence-corrected chi connectivity index (χ2v) is 4.66. The second-order valence-electron chi connectivity index (χ2n) is 4.66. The Labute approximate surface area is 106 Å². The average Bonchev–Trinajstić information content (AvgIpc) is 2.27. The zero-order valence-electron chi connectivity index (χ0n) is 10.3. The summed E-state index contributed by atoms with van der Waals surface area (Å²) >= 11 is 0. The second kappa shape index (κ2) is 7.03. The molecule has 0 aliphatic heterocycles. The van der Waals surface area contributed by atoms with Crippen LogP contribution < -0.4 is 0 Å². The molecule has 0 amide bonds. The van der Waals surface area contributed by atoms with Gasteiger partial charge in [0.25, 0.3) is 0 Å². The number of hydrogen-bond acceptors (Lipinski definition) is 4. The molecule has 0 saturated heterocycles. The summed E-state index contributed by atoms with van der Waals surface area (Å²) in [5, 5.41) is 8.43. The average molecular weight is 254 g/mol. The SMILES string of the molecule is O=C(O)CCCC(=O)CCC1C(=O)CCCC1=O. The van der Waals surface area contributed by atoms with Crippen molar-refractivity contribution in [2.75, 3.05) is 0 Å². The van der Waals surface area contributed by atoms with E-state index in [9.17, 15) is 19.2 Å². The summed E-state index contributed by atoms with van der Waals surface area (Å²) < 4.78 is 0. The summed E-state index contributed by atoms with van der Waals surface area (Å²) in [5.74, 6) is -1.68. The molecule has 0 aromatic rings. The summed E-state index contributed by atoms with van der Waals surface area (Å²) in [4.78, 5) is 44.8. The summed E-state index contributed by atoms with van der Waals surface area (Å²) in [6, 6.07) is 0. The molecule has 1 aliphatic rings. The van der Waals surface area contributed by atoms with Crippen LogP contribution in [0.5, 0.6) is 0 Å². The van der Waals surface area contributed by atoms with Gasteiger partial charge in [-0.2, -0.15) is 0 Å². The predicted molar refractivity (Wildman–Crippen MR) is 63.1 cm³/mol. The van der Waals surface area contributed by atoms with Gasteiger partial charge in [0.2, 0.25) is 0 Å². The first-order valence-corrected chi connectivity index (χ1v) is 6.29. The van der Waals surface area contributed by atoms with E-state index in [-0.39, 0.29) is 36.6 Å². The molecular weight excluding hydrogens is 236 g/mol. The Hall–Kier alpha value is -1.52. The fourth-order valence-electron chi connectivity index (χ4n) is 2.15. The van der Waals surface area contributed by atoms with E-state index in [1.54, 1.807) is 0 Å². The van der Waals surface area contributed by atoms with Crippen LogP contribution in [-0.4, -0.2) is 28.4 Å². The minimum absolute atomic E-state index is 0.0208. The molecule has 0 spiro atoms. The maximum atomic E-state index is 11.5. The van der Waals surface area contributed by atoms with Gasteiger partial charge in [-0.15, -0.1) is 0 Å². The van der Waals surface area contributed by atoms with E-state index >= 15 is 0 Å². The minimum atomic E-state index is -0.916. The number of rotatable bonds is 7. The number of carboxylic acids is 1. The maximum Gasteiger partial charge on any atom is 0.303 e. The number of Topliss-reactive ketones (excluding diaryl/α,β-unsaturated/α-hetero) is 3. The molecule has 1 fully saturated rings. The Morgan fingerprint density at radius 3 is 2.22 bits per heavy atom. The van der Waals surface area contributed by atoms with Crippen molar-refractivity contribution in [2.24, 2.45) is 5.92 Å². The molecule has 1 aliphatic carbocycles. The first-order valence-electron chi connectivity index (χ1n) is 6.29. The van der Waals surface area contributed by atoms with Gasteiger partial charge in [0.05, 0.1) is 5.92 Å². The van der Waals surface area contributed by atoms with Crippen LogP contribution in [0.15, 0.2) is 0 Å². The van der Waals surface area contributed by atoms with Crippen LogP contribution >= 0.6 is 0 Å². The summed E-state index contributed by atoms with van der Waals surface area (Å²) in [6.07, 6.45) is 2.49. The molecule has 0 atom stereocenters. The van der Waals surface area contributed by atoms with E-state index in [0.29, 0.717) is 32.1 Å². The van der Waals surface area contributed by atoms with Crippen LogP contribution in [0, 0.1) is 5.92 Å². The summed E-state index contributed by atoms with van der Waals surface area (Å²) in [6.45, 7) is 0. The van der Waals surface area contributed by atoms with Crippen LogP contribution in [0.3, 0.4) is 0 Å². The van der Waals surface area contributed by atoms with E-state index in [2.05, 4.69) is 0 Å². The number of carbonyl (C=O) groups excluding carboxylic acids is 3. The molecule has 100 valence electrons. The van der Waals surface area contributed by atoms with Crippen molar-refractivity contribution in [1.82, 2.24) is 0 Å². The lowest BCUT2D eigenvalue weighted by Gasteiger charge is -2.18. The van der Waals surface area contributed by atoms with E-state index in [0.717, 1.165) is 0 Å². The quantitative estimate of drug-likeness (QED) is 0.696. The normalized spacial score (nSPS) is 16.9. The molecule has 5 heteroatoms. The van der Waals surface area contributed by atoms with Gasteiger partial charge in [-0.25, -0.2) is 0 Å². The van der Waals surface area contributed by atoms with E-state index in [4.69, 9.17) is 5.11 Å². The fraction of sp³-hybridized carbons (Fsp3) is 0.692. The summed E-state index contributed by atoms with van der Waals surface area (Å²) in [7, 11) is 0. The van der Waals surface area contributed by atoms with Crippen molar-refractivity contribution in [3.63, 3.8) is 0 Å². The standard InChI is InChI=1S/C13H18O5/c14-9(3-1-6-13(17)18)7-8-10-11(15)4-2-5-12(10)16/h10H,1-8H2,(H,17,18). The predicted octanol–water partition coefficient (Wildman–Crippen LogP) is 1.53. The molecule has 1 rings (SSSR count). The molecule has 0 unspecified atom stereocenters. The topological polar surface area (TPSA) is 88.5 Å². The van der Waals surface area contributed by atoms with E-state index in [1.165, 1.54) is 0 Å². The van der Waals surface area contributed by atoms with Crippen LogP contribution in [0.1, 0.15) is 51.4 Å². The third kappa shape index (κ3) is 4.77. The van der Waals surface area contributed by atoms with Crippen LogP contribution in [0.2, 0.25) is 0 Å². The van der Waals surface area contributed by atoms with Crippen LogP contribution in [-0.2, 0) is 19.2 Å². The van der Waals surface area contributed by atoms with Gasteiger partial charge in [0.15, 0.2) is 0 Å². The third-order valence-electron chi connectivity index (χ3n) is 3.18. The van der Waals surface area contributed by atoms with Crippen molar-refractivity contribution in [1.29, 1.82) is 0 Å². The van der Waals surface area contributed by atoms with Gasteiger partial charge in [-0.3, -0.25) is 19.2 Å². The Bertz CT molecular complexity index is 342. The van der Waals surface area contributed by atoms with E-state index in [1.807, 2.05) is 0 Å². The Balaban J connectivity index is 2.26. The van der Waals surface area contributed by atoms with E-state index < -0.39 is 11.9 Å². The molecular formula is C13H18O5. The number of aliphatic carboxylic acids is 1. The number of ketones is 3. The van der Waals surface area contributed by atoms with Gasteiger partial charge in [0.1, 0.15) is 17.3 Å². The lowest BCUT2D eigenvalue weighted by atomic mass is 9.83. The number of carboxylic acid groups (broad SMARTS) is 1. The van der Waals surface area contributed by atoms with Crippen molar-refractivity contribution in [3.8, 4) is 0 Å². The lowest BCUT2D eigenvalue weighted by Crippen LogP contribution is -2.29. The molecule has 0 aromatic heterocycles. The van der Waals surface area contributed by atoms with Crippen molar-refractivity contribution >= 4 is 23.3 Å². The Morgan fingerprint density at radius 2 is 1.67 bits per heavy atom. The first-order chi connectivity index (χ1) is 8.50. The molecule has 5 nitrogen and oxygen atoms in total. The minimum Gasteiger partial charge on any atom is -0.481 e. The number of carbonyl (C=O) groups is 4. The lowest BCUT2D eigenvalue weighted by molar-refractivity contribution is -0.137. The maximum absolute atomic E-state index is 11.5. The molecule has 0 aromatic carbocycles. The largest absolute Gasteiger partial charge is 0.481 e. The Kier molecular flexibility index (Phi) is 5.68. The monoisotopic (exact) mass is 254 g/mol. The first kappa shape index (κ1) is 14.5. The highest BCUT2D eigenvalue weighted by atomic mass is 16.4. The van der Waals surface area contributed by atoms with Crippen molar-refractivity contribution in [2.45, 2.75) is 51.4 Å². The van der Waals surface area contributed by atoms with Crippen molar-refractivity contribution < 1.29 is 24.3 Å². The van der Waals surface area contributed by atoms with Gasteiger partial charge in [-0.1, -0.05) is 0 Å². The highest BCUT2D eigenvalue weighted by molar-refractivity contribution is 6.04. The molecule has 1 saturated carbocycles.